The maximum Gasteiger partial charge on any atom is 0.408 e. The predicted molar refractivity (Wildman–Crippen MR) is 181 cm³/mol. The molecule has 2 aromatic carbocycles. The van der Waals surface area contributed by atoms with Crippen molar-refractivity contribution in [1.82, 2.24) is 21.3 Å². The molecule has 0 saturated heterocycles. The van der Waals surface area contributed by atoms with Gasteiger partial charge in [-0.3, -0.25) is 9.59 Å². The van der Waals surface area contributed by atoms with Crippen LogP contribution in [-0.4, -0.2) is 73.4 Å². The standard InChI is InChI=1S/C34H48N6O9/c1-21(2)27(40-32(45)48-20-23-11-8-7-9-12-23)29(42)38-25(13-10-18-36-31(35)44)28(41)37-24-16-14-22(15-17-24)19-26(30(43)47-6)39-33(46)49-34(3,4)5/h7-9,11-12,14-17,21,25-27H,10,13,18-20H2,1-6H3,(H,37,41)(H,38,42)(H,39,46)(H,40,45)(H3,35,36,44)/t25?,26-,27+/m0/s1. The number of esters is 1. The number of carbonyl (C=O) groups is 6. The van der Waals surface area contributed by atoms with Gasteiger partial charge in [0, 0.05) is 18.7 Å². The number of nitrogens with two attached hydrogens (primary N) is 1. The van der Waals surface area contributed by atoms with E-state index in [-0.39, 0.29) is 31.9 Å². The number of urea groups is 1. The number of ether oxygens (including phenoxy) is 3. The summed E-state index contributed by atoms with van der Waals surface area (Å²) in [7, 11) is 1.21. The van der Waals surface area contributed by atoms with Gasteiger partial charge in [0.05, 0.1) is 7.11 Å². The summed E-state index contributed by atoms with van der Waals surface area (Å²) in [5.41, 5.74) is 6.20. The van der Waals surface area contributed by atoms with Crippen molar-refractivity contribution < 1.29 is 43.0 Å². The molecule has 0 fully saturated rings. The Hall–Kier alpha value is -5.34. The molecule has 49 heavy (non-hydrogen) atoms. The normalized spacial score (nSPS) is 12.8. The molecule has 0 radical (unpaired) electrons. The first-order chi connectivity index (χ1) is 23.1. The molecule has 0 heterocycles. The number of hydrogen-bond acceptors (Lipinski definition) is 9. The highest BCUT2D eigenvalue weighted by Gasteiger charge is 2.30. The highest BCUT2D eigenvalue weighted by molar-refractivity contribution is 5.98. The van der Waals surface area contributed by atoms with Crippen molar-refractivity contribution in [2.24, 2.45) is 11.7 Å². The molecule has 0 saturated carbocycles. The molecule has 0 aliphatic rings. The fourth-order valence-corrected chi connectivity index (χ4v) is 4.45. The van der Waals surface area contributed by atoms with Gasteiger partial charge >= 0.3 is 24.2 Å². The zero-order valence-corrected chi connectivity index (χ0v) is 28.8. The Labute approximate surface area is 286 Å². The maximum absolute atomic E-state index is 13.4. The minimum absolute atomic E-state index is 0.0133. The highest BCUT2D eigenvalue weighted by Crippen LogP contribution is 2.15. The number of benzene rings is 2. The molecule has 6 amide bonds. The van der Waals surface area contributed by atoms with Crippen LogP contribution in [0.5, 0.6) is 0 Å². The molecular weight excluding hydrogens is 636 g/mol. The lowest BCUT2D eigenvalue weighted by Crippen LogP contribution is -2.54. The zero-order chi connectivity index (χ0) is 36.6. The average molecular weight is 685 g/mol. The largest absolute Gasteiger partial charge is 0.467 e. The van der Waals surface area contributed by atoms with Crippen LogP contribution in [-0.2, 0) is 41.6 Å². The first kappa shape index (κ1) is 39.8. The van der Waals surface area contributed by atoms with Crippen LogP contribution < -0.4 is 32.3 Å². The molecule has 0 aliphatic heterocycles. The van der Waals surface area contributed by atoms with Gasteiger partial charge in [-0.15, -0.1) is 0 Å². The first-order valence-electron chi connectivity index (χ1n) is 15.9. The van der Waals surface area contributed by atoms with Gasteiger partial charge in [-0.2, -0.15) is 0 Å². The van der Waals surface area contributed by atoms with Crippen molar-refractivity contribution in [3.8, 4) is 0 Å². The first-order valence-corrected chi connectivity index (χ1v) is 15.9. The molecule has 0 spiro atoms. The predicted octanol–water partition coefficient (Wildman–Crippen LogP) is 3.12. The number of rotatable bonds is 16. The molecule has 0 aromatic heterocycles. The van der Waals surface area contributed by atoms with Crippen molar-refractivity contribution in [3.05, 3.63) is 65.7 Å². The monoisotopic (exact) mass is 684 g/mol. The number of amides is 6. The van der Waals surface area contributed by atoms with Gasteiger partial charge in [-0.1, -0.05) is 56.3 Å². The topological polar surface area (TPSA) is 216 Å². The van der Waals surface area contributed by atoms with Crippen LogP contribution in [0.2, 0.25) is 0 Å². The molecule has 268 valence electrons. The molecular formula is C34H48N6O9. The molecule has 7 N–H and O–H groups in total. The summed E-state index contributed by atoms with van der Waals surface area (Å²) in [6.07, 6.45) is -1.04. The minimum atomic E-state index is -1.05. The van der Waals surface area contributed by atoms with E-state index in [4.69, 9.17) is 19.9 Å². The second kappa shape index (κ2) is 19.5. The summed E-state index contributed by atoms with van der Waals surface area (Å²) in [5, 5.41) is 13.0. The Morgan fingerprint density at radius 1 is 0.796 bits per heavy atom. The van der Waals surface area contributed by atoms with Crippen LogP contribution >= 0.6 is 0 Å². The van der Waals surface area contributed by atoms with Gasteiger partial charge in [0.25, 0.3) is 0 Å². The maximum atomic E-state index is 13.4. The number of primary amides is 1. The fourth-order valence-electron chi connectivity index (χ4n) is 4.45. The van der Waals surface area contributed by atoms with Crippen LogP contribution in [0, 0.1) is 5.92 Å². The molecule has 1 unspecified atom stereocenters. The summed E-state index contributed by atoms with van der Waals surface area (Å²) in [5.74, 6) is -2.16. The third-order valence-electron chi connectivity index (χ3n) is 6.87. The average Bonchev–Trinajstić information content (AvgIpc) is 3.03. The van der Waals surface area contributed by atoms with E-state index in [1.165, 1.54) is 7.11 Å². The van der Waals surface area contributed by atoms with E-state index in [0.29, 0.717) is 17.7 Å². The molecule has 0 bridgehead atoms. The van der Waals surface area contributed by atoms with Gasteiger partial charge in [0.1, 0.15) is 30.3 Å². The van der Waals surface area contributed by atoms with Crippen molar-refractivity contribution in [2.45, 2.75) is 84.2 Å². The Morgan fingerprint density at radius 2 is 1.45 bits per heavy atom. The van der Waals surface area contributed by atoms with Crippen LogP contribution in [0.15, 0.2) is 54.6 Å². The third-order valence-corrected chi connectivity index (χ3v) is 6.87. The van der Waals surface area contributed by atoms with Gasteiger partial charge in [-0.05, 0) is 62.8 Å². The molecule has 2 rings (SSSR count). The molecule has 0 aliphatic carbocycles. The van der Waals surface area contributed by atoms with E-state index < -0.39 is 59.7 Å². The Bertz CT molecular complexity index is 1410. The van der Waals surface area contributed by atoms with Crippen molar-refractivity contribution in [3.63, 3.8) is 0 Å². The van der Waals surface area contributed by atoms with Gasteiger partial charge in [0.15, 0.2) is 0 Å². The minimum Gasteiger partial charge on any atom is -0.467 e. The SMILES string of the molecule is COC(=O)[C@H](Cc1ccc(NC(=O)C(CCCNC(N)=O)NC(=O)[C@H](NC(=O)OCc2ccccc2)C(C)C)cc1)NC(=O)OC(C)(C)C. The second-order valence-corrected chi connectivity index (χ2v) is 12.5. The number of anilines is 1. The van der Waals surface area contributed by atoms with E-state index in [2.05, 4.69) is 26.6 Å². The van der Waals surface area contributed by atoms with Gasteiger partial charge < -0.3 is 46.5 Å². The van der Waals surface area contributed by atoms with Crippen molar-refractivity contribution >= 4 is 41.7 Å². The summed E-state index contributed by atoms with van der Waals surface area (Å²) < 4.78 is 15.3. The smallest absolute Gasteiger partial charge is 0.408 e. The van der Waals surface area contributed by atoms with Crippen LogP contribution in [0.1, 0.15) is 58.6 Å². The number of methoxy groups -OCH3 is 1. The molecule has 2 aromatic rings. The lowest BCUT2D eigenvalue weighted by molar-refractivity contribution is -0.143. The van der Waals surface area contributed by atoms with Gasteiger partial charge in [0.2, 0.25) is 11.8 Å². The number of hydrogen-bond donors (Lipinski definition) is 6. The van der Waals surface area contributed by atoms with Crippen LogP contribution in [0.25, 0.3) is 0 Å². The van der Waals surface area contributed by atoms with E-state index in [1.807, 2.05) is 18.2 Å². The third kappa shape index (κ3) is 15.4. The summed E-state index contributed by atoms with van der Waals surface area (Å²) in [6, 6.07) is 11.8. The van der Waals surface area contributed by atoms with Crippen molar-refractivity contribution in [1.29, 1.82) is 0 Å². The fraction of sp³-hybridized carbons (Fsp3) is 0.471. The Morgan fingerprint density at radius 3 is 2.02 bits per heavy atom. The second-order valence-electron chi connectivity index (χ2n) is 12.5. The van der Waals surface area contributed by atoms with Crippen LogP contribution in [0.3, 0.4) is 0 Å². The quantitative estimate of drug-likeness (QED) is 0.0869. The van der Waals surface area contributed by atoms with E-state index in [1.54, 1.807) is 71.0 Å². The van der Waals surface area contributed by atoms with E-state index in [0.717, 1.165) is 5.56 Å². The summed E-state index contributed by atoms with van der Waals surface area (Å²) >= 11 is 0. The zero-order valence-electron chi connectivity index (χ0n) is 28.8. The van der Waals surface area contributed by atoms with E-state index >= 15 is 0 Å². The van der Waals surface area contributed by atoms with Gasteiger partial charge in [-0.25, -0.2) is 19.2 Å². The summed E-state index contributed by atoms with van der Waals surface area (Å²) in [4.78, 5) is 75.0. The molecule has 3 atom stereocenters. The van der Waals surface area contributed by atoms with E-state index in [9.17, 15) is 28.8 Å². The van der Waals surface area contributed by atoms with Crippen molar-refractivity contribution in [2.75, 3.05) is 19.0 Å². The number of nitrogens with one attached hydrogen (secondary N) is 5. The number of carbonyl (C=O) groups excluding carboxylic acids is 6. The Kier molecular flexibility index (Phi) is 15.8. The van der Waals surface area contributed by atoms with Crippen LogP contribution in [0.4, 0.5) is 20.1 Å². The number of alkyl carbamates (subject to hydrolysis) is 2. The Balaban J connectivity index is 2.10. The molecule has 15 heteroatoms. The lowest BCUT2D eigenvalue weighted by atomic mass is 10.0. The molecule has 15 nitrogen and oxygen atoms in total. The summed E-state index contributed by atoms with van der Waals surface area (Å²) in [6.45, 7) is 8.75. The lowest BCUT2D eigenvalue weighted by Gasteiger charge is -2.25. The highest BCUT2D eigenvalue weighted by atomic mass is 16.6.